The topological polar surface area (TPSA) is 52.8 Å². The Hall–Kier alpha value is -1.03. The third kappa shape index (κ3) is 2.23. The van der Waals surface area contributed by atoms with Crippen molar-refractivity contribution in [2.75, 3.05) is 0 Å². The second kappa shape index (κ2) is 4.11. The molecule has 0 heterocycles. The summed E-state index contributed by atoms with van der Waals surface area (Å²) < 4.78 is 0.824. The van der Waals surface area contributed by atoms with Gasteiger partial charge in [-0.1, -0.05) is 22.0 Å². The van der Waals surface area contributed by atoms with Gasteiger partial charge in [0.15, 0.2) is 0 Å². The number of halogens is 1. The van der Waals surface area contributed by atoms with Crippen LogP contribution in [0.2, 0.25) is 0 Å². The lowest BCUT2D eigenvalue weighted by molar-refractivity contribution is 0.320. The van der Waals surface area contributed by atoms with Crippen LogP contribution in [0.5, 0.6) is 5.75 Å². The van der Waals surface area contributed by atoms with Crippen molar-refractivity contribution in [3.8, 4) is 5.75 Å². The zero-order valence-electron chi connectivity index (χ0n) is 6.24. The Kier molecular flexibility index (Phi) is 3.10. The number of oxime groups is 1. The predicted molar refractivity (Wildman–Crippen MR) is 49.8 cm³/mol. The maximum atomic E-state index is 9.34. The largest absolute Gasteiger partial charge is 0.508 e. The van der Waals surface area contributed by atoms with Gasteiger partial charge in [-0.3, -0.25) is 0 Å². The molecule has 0 saturated heterocycles. The number of phenolic OH excluding ortho intramolecular Hbond substituents is 1. The van der Waals surface area contributed by atoms with E-state index >= 15 is 0 Å². The second-order valence-corrected chi connectivity index (χ2v) is 3.19. The summed E-state index contributed by atoms with van der Waals surface area (Å²) in [6, 6.07) is 5.18. The van der Waals surface area contributed by atoms with Crippen molar-refractivity contribution in [2.45, 2.75) is 6.42 Å². The van der Waals surface area contributed by atoms with Crippen LogP contribution in [0.15, 0.2) is 27.8 Å². The Morgan fingerprint density at radius 3 is 2.83 bits per heavy atom. The highest BCUT2D eigenvalue weighted by Crippen LogP contribution is 2.21. The minimum atomic E-state index is 0.198. The number of benzene rings is 1. The molecule has 0 aliphatic carbocycles. The molecule has 0 amide bonds. The molecule has 0 aromatic heterocycles. The molecule has 0 aliphatic rings. The number of phenols is 1. The summed E-state index contributed by atoms with van der Waals surface area (Å²) in [4.78, 5) is 0. The van der Waals surface area contributed by atoms with Gasteiger partial charge in [-0.05, 0) is 17.7 Å². The van der Waals surface area contributed by atoms with E-state index in [2.05, 4.69) is 21.1 Å². The van der Waals surface area contributed by atoms with E-state index in [-0.39, 0.29) is 5.75 Å². The Morgan fingerprint density at radius 1 is 1.50 bits per heavy atom. The molecule has 0 fully saturated rings. The van der Waals surface area contributed by atoms with E-state index in [4.69, 9.17) is 5.21 Å². The first-order valence-corrected chi connectivity index (χ1v) is 4.16. The van der Waals surface area contributed by atoms with Gasteiger partial charge in [0.05, 0.1) is 0 Å². The summed E-state index contributed by atoms with van der Waals surface area (Å²) in [5.74, 6) is 0.198. The summed E-state index contributed by atoms with van der Waals surface area (Å²) in [7, 11) is 0. The number of rotatable bonds is 2. The zero-order chi connectivity index (χ0) is 8.97. The van der Waals surface area contributed by atoms with Crippen LogP contribution < -0.4 is 0 Å². The molecule has 0 unspecified atom stereocenters. The lowest BCUT2D eigenvalue weighted by Gasteiger charge is -2.00. The predicted octanol–water partition coefficient (Wildman–Crippen LogP) is 2.16. The summed E-state index contributed by atoms with van der Waals surface area (Å²) in [5, 5.41) is 20.3. The first kappa shape index (κ1) is 9.06. The molecule has 0 spiro atoms. The van der Waals surface area contributed by atoms with Gasteiger partial charge in [0.1, 0.15) is 5.75 Å². The van der Waals surface area contributed by atoms with Gasteiger partial charge in [0, 0.05) is 17.1 Å². The van der Waals surface area contributed by atoms with Crippen LogP contribution in [0.25, 0.3) is 0 Å². The smallest absolute Gasteiger partial charge is 0.120 e. The molecule has 1 aromatic carbocycles. The van der Waals surface area contributed by atoms with Gasteiger partial charge < -0.3 is 10.3 Å². The molecule has 0 aliphatic heterocycles. The Balaban J connectivity index is 2.86. The zero-order valence-corrected chi connectivity index (χ0v) is 7.82. The van der Waals surface area contributed by atoms with Gasteiger partial charge in [0.25, 0.3) is 0 Å². The molecule has 4 heteroatoms. The Morgan fingerprint density at radius 2 is 2.25 bits per heavy atom. The number of hydrogen-bond donors (Lipinski definition) is 2. The molecule has 3 nitrogen and oxygen atoms in total. The molecule has 0 radical (unpaired) electrons. The quantitative estimate of drug-likeness (QED) is 0.464. The van der Waals surface area contributed by atoms with Crippen molar-refractivity contribution < 1.29 is 10.3 Å². The minimum absolute atomic E-state index is 0.198. The van der Waals surface area contributed by atoms with Crippen LogP contribution in [0.4, 0.5) is 0 Å². The Bertz CT molecular complexity index is 299. The molecule has 1 rings (SSSR count). The first-order chi connectivity index (χ1) is 5.74. The minimum Gasteiger partial charge on any atom is -0.508 e. The maximum absolute atomic E-state index is 9.34. The Labute approximate surface area is 78.5 Å². The monoisotopic (exact) mass is 229 g/mol. The van der Waals surface area contributed by atoms with Crippen molar-refractivity contribution in [3.63, 3.8) is 0 Å². The molecule has 12 heavy (non-hydrogen) atoms. The third-order valence-corrected chi connectivity index (χ3v) is 1.93. The van der Waals surface area contributed by atoms with Crippen molar-refractivity contribution in [1.82, 2.24) is 0 Å². The maximum Gasteiger partial charge on any atom is 0.120 e. The van der Waals surface area contributed by atoms with Gasteiger partial charge in [-0.25, -0.2) is 0 Å². The van der Waals surface area contributed by atoms with Crippen molar-refractivity contribution in [1.29, 1.82) is 0 Å². The van der Waals surface area contributed by atoms with Crippen molar-refractivity contribution in [3.05, 3.63) is 28.2 Å². The highest BCUT2D eigenvalue weighted by Gasteiger charge is 1.99. The SMILES string of the molecule is ON=CCc1ccc(Br)cc1O. The fraction of sp³-hybridized carbons (Fsp3) is 0.125. The van der Waals surface area contributed by atoms with Crippen LogP contribution in [0, 0.1) is 0 Å². The van der Waals surface area contributed by atoms with E-state index in [0.29, 0.717) is 6.42 Å². The molecule has 0 saturated carbocycles. The van der Waals surface area contributed by atoms with Gasteiger partial charge in [-0.2, -0.15) is 0 Å². The standard InChI is InChI=1S/C8H8BrNO2/c9-7-2-1-6(3-4-10-12)8(11)5-7/h1-2,4-5,11-12H,3H2. The van der Waals surface area contributed by atoms with Crippen molar-refractivity contribution in [2.24, 2.45) is 5.16 Å². The molecule has 2 N–H and O–H groups in total. The average molecular weight is 230 g/mol. The van der Waals surface area contributed by atoms with E-state index in [1.807, 2.05) is 6.07 Å². The first-order valence-electron chi connectivity index (χ1n) is 3.37. The van der Waals surface area contributed by atoms with Gasteiger partial charge in [0.2, 0.25) is 0 Å². The van der Waals surface area contributed by atoms with Crippen molar-refractivity contribution >= 4 is 22.1 Å². The molecular weight excluding hydrogens is 222 g/mol. The number of aromatic hydroxyl groups is 1. The third-order valence-electron chi connectivity index (χ3n) is 1.44. The van der Waals surface area contributed by atoms with E-state index in [0.717, 1.165) is 10.0 Å². The van der Waals surface area contributed by atoms with Gasteiger partial charge in [-0.15, -0.1) is 5.16 Å². The van der Waals surface area contributed by atoms with Crippen LogP contribution in [-0.2, 0) is 6.42 Å². The summed E-state index contributed by atoms with van der Waals surface area (Å²) >= 11 is 3.22. The molecule has 0 bridgehead atoms. The molecule has 1 aromatic rings. The normalized spacial score (nSPS) is 10.8. The van der Waals surface area contributed by atoms with Crippen LogP contribution in [0.1, 0.15) is 5.56 Å². The van der Waals surface area contributed by atoms with E-state index in [9.17, 15) is 5.11 Å². The highest BCUT2D eigenvalue weighted by atomic mass is 79.9. The van der Waals surface area contributed by atoms with E-state index in [1.165, 1.54) is 6.21 Å². The van der Waals surface area contributed by atoms with Crippen LogP contribution in [0.3, 0.4) is 0 Å². The van der Waals surface area contributed by atoms with Crippen LogP contribution >= 0.6 is 15.9 Å². The number of hydrogen-bond acceptors (Lipinski definition) is 3. The van der Waals surface area contributed by atoms with Gasteiger partial charge >= 0.3 is 0 Å². The fourth-order valence-electron chi connectivity index (χ4n) is 0.849. The lowest BCUT2D eigenvalue weighted by Crippen LogP contribution is -1.86. The summed E-state index contributed by atoms with van der Waals surface area (Å²) in [6.07, 6.45) is 1.75. The highest BCUT2D eigenvalue weighted by molar-refractivity contribution is 9.10. The summed E-state index contributed by atoms with van der Waals surface area (Å²) in [6.45, 7) is 0. The second-order valence-electron chi connectivity index (χ2n) is 2.28. The average Bonchev–Trinajstić information content (AvgIpc) is 2.03. The fourth-order valence-corrected chi connectivity index (χ4v) is 1.20. The molecule has 64 valence electrons. The lowest BCUT2D eigenvalue weighted by atomic mass is 10.1. The molecular formula is C8H8BrNO2. The van der Waals surface area contributed by atoms with E-state index < -0.39 is 0 Å². The molecule has 0 atom stereocenters. The summed E-state index contributed by atoms with van der Waals surface area (Å²) in [5.41, 5.74) is 0.732. The van der Waals surface area contributed by atoms with Crippen LogP contribution in [-0.4, -0.2) is 16.5 Å². The van der Waals surface area contributed by atoms with E-state index in [1.54, 1.807) is 12.1 Å². The number of nitrogens with zero attached hydrogens (tertiary/aromatic N) is 1.